The maximum atomic E-state index is 12.5. The van der Waals surface area contributed by atoms with Gasteiger partial charge in [0.2, 0.25) is 5.91 Å². The standard InChI is InChI=1S/C14H12F3N3O3/c15-14(16,17)8-19-7-6-10(12(19)21)20-11(18-23-13(20)22)9-4-2-1-3-5-9/h1-5,10H,6-8H2/t10-/m0/s1. The summed E-state index contributed by atoms with van der Waals surface area (Å²) in [6, 6.07) is 7.49. The van der Waals surface area contributed by atoms with Gasteiger partial charge in [-0.25, -0.2) is 9.36 Å². The summed E-state index contributed by atoms with van der Waals surface area (Å²) >= 11 is 0. The fraction of sp³-hybridized carbons (Fsp3) is 0.357. The highest BCUT2D eigenvalue weighted by Gasteiger charge is 2.41. The Morgan fingerprint density at radius 3 is 2.57 bits per heavy atom. The first-order valence-electron chi connectivity index (χ1n) is 6.86. The van der Waals surface area contributed by atoms with E-state index in [0.717, 1.165) is 4.57 Å². The van der Waals surface area contributed by atoms with Gasteiger partial charge in [0.1, 0.15) is 12.6 Å². The van der Waals surface area contributed by atoms with E-state index in [4.69, 9.17) is 0 Å². The van der Waals surface area contributed by atoms with Crippen LogP contribution >= 0.6 is 0 Å². The lowest BCUT2D eigenvalue weighted by molar-refractivity contribution is -0.158. The number of likely N-dealkylation sites (tertiary alicyclic amines) is 1. The zero-order chi connectivity index (χ0) is 16.6. The molecule has 1 aromatic carbocycles. The van der Waals surface area contributed by atoms with Crippen molar-refractivity contribution < 1.29 is 22.5 Å². The zero-order valence-corrected chi connectivity index (χ0v) is 11.8. The molecule has 1 amide bonds. The highest BCUT2D eigenvalue weighted by Crippen LogP contribution is 2.29. The van der Waals surface area contributed by atoms with Crippen LogP contribution in [-0.4, -0.2) is 39.8 Å². The summed E-state index contributed by atoms with van der Waals surface area (Å²) in [5, 5.41) is 3.65. The molecule has 0 aliphatic carbocycles. The van der Waals surface area contributed by atoms with Crippen molar-refractivity contribution in [2.45, 2.75) is 18.6 Å². The van der Waals surface area contributed by atoms with Gasteiger partial charge in [-0.3, -0.25) is 9.32 Å². The van der Waals surface area contributed by atoms with Crippen LogP contribution in [-0.2, 0) is 4.79 Å². The van der Waals surface area contributed by atoms with Crippen LogP contribution in [0.4, 0.5) is 13.2 Å². The predicted octanol–water partition coefficient (Wildman–Crippen LogP) is 1.84. The molecule has 0 bridgehead atoms. The minimum atomic E-state index is -4.48. The Bertz CT molecular complexity index is 767. The smallest absolute Gasteiger partial charge is 0.332 e. The summed E-state index contributed by atoms with van der Waals surface area (Å²) < 4.78 is 43.1. The van der Waals surface area contributed by atoms with Gasteiger partial charge in [-0.15, -0.1) is 0 Å². The number of amides is 1. The van der Waals surface area contributed by atoms with Crippen LogP contribution in [0.3, 0.4) is 0 Å². The SMILES string of the molecule is O=C1[C@@H](n2c(-c3ccccc3)noc2=O)CCN1CC(F)(F)F. The molecule has 0 spiro atoms. The molecule has 0 saturated carbocycles. The molecule has 3 rings (SSSR count). The molecule has 0 unspecified atom stereocenters. The van der Waals surface area contributed by atoms with Gasteiger partial charge < -0.3 is 4.90 Å². The zero-order valence-electron chi connectivity index (χ0n) is 11.8. The second kappa shape index (κ2) is 5.56. The van der Waals surface area contributed by atoms with E-state index in [1.54, 1.807) is 30.3 Å². The lowest BCUT2D eigenvalue weighted by Gasteiger charge is -2.18. The number of benzene rings is 1. The van der Waals surface area contributed by atoms with Gasteiger partial charge in [0.15, 0.2) is 5.82 Å². The van der Waals surface area contributed by atoms with Crippen LogP contribution in [0.15, 0.2) is 39.6 Å². The lowest BCUT2D eigenvalue weighted by Crippen LogP contribution is -2.37. The molecule has 1 aliphatic rings. The number of nitrogens with zero attached hydrogens (tertiary/aromatic N) is 3. The molecular formula is C14H12F3N3O3. The molecular weight excluding hydrogens is 315 g/mol. The second-order valence-electron chi connectivity index (χ2n) is 5.19. The minimum Gasteiger partial charge on any atom is -0.332 e. The summed E-state index contributed by atoms with van der Waals surface area (Å²) in [6.45, 7) is -1.40. The quantitative estimate of drug-likeness (QED) is 0.863. The van der Waals surface area contributed by atoms with Crippen molar-refractivity contribution in [2.75, 3.05) is 13.1 Å². The van der Waals surface area contributed by atoms with E-state index in [2.05, 4.69) is 9.68 Å². The molecule has 1 saturated heterocycles. The number of carbonyl (C=O) groups is 1. The van der Waals surface area contributed by atoms with E-state index in [1.807, 2.05) is 0 Å². The van der Waals surface area contributed by atoms with Crippen LogP contribution in [0.25, 0.3) is 11.4 Å². The number of hydrogen-bond donors (Lipinski definition) is 0. The molecule has 0 radical (unpaired) electrons. The molecule has 1 atom stereocenters. The first kappa shape index (κ1) is 15.3. The molecule has 0 N–H and O–H groups in total. The lowest BCUT2D eigenvalue weighted by atomic mass is 10.2. The molecule has 6 nitrogen and oxygen atoms in total. The Hall–Kier alpha value is -2.58. The normalized spacial score (nSPS) is 18.7. The van der Waals surface area contributed by atoms with E-state index >= 15 is 0 Å². The summed E-state index contributed by atoms with van der Waals surface area (Å²) in [5.41, 5.74) is 0.542. The van der Waals surface area contributed by atoms with Crippen molar-refractivity contribution in [2.24, 2.45) is 0 Å². The number of hydrogen-bond acceptors (Lipinski definition) is 4. The third-order valence-corrected chi connectivity index (χ3v) is 3.62. The van der Waals surface area contributed by atoms with Crippen LogP contribution < -0.4 is 5.76 Å². The maximum absolute atomic E-state index is 12.5. The third-order valence-electron chi connectivity index (χ3n) is 3.62. The average molecular weight is 327 g/mol. The van der Waals surface area contributed by atoms with Gasteiger partial charge in [-0.1, -0.05) is 35.5 Å². The number of rotatable bonds is 3. The minimum absolute atomic E-state index is 0.0745. The fourth-order valence-electron chi connectivity index (χ4n) is 2.65. The molecule has 2 aromatic rings. The van der Waals surface area contributed by atoms with Gasteiger partial charge >= 0.3 is 11.9 Å². The number of carbonyl (C=O) groups excluding carboxylic acids is 1. The van der Waals surface area contributed by atoms with Crippen molar-refractivity contribution in [1.82, 2.24) is 14.6 Å². The predicted molar refractivity (Wildman–Crippen MR) is 72.5 cm³/mol. The maximum Gasteiger partial charge on any atom is 0.442 e. The highest BCUT2D eigenvalue weighted by molar-refractivity contribution is 5.83. The van der Waals surface area contributed by atoms with E-state index < -0.39 is 30.4 Å². The summed E-state index contributed by atoms with van der Waals surface area (Å²) in [4.78, 5) is 24.8. The topological polar surface area (TPSA) is 68.3 Å². The summed E-state index contributed by atoms with van der Waals surface area (Å²) in [6.07, 6.45) is -4.39. The highest BCUT2D eigenvalue weighted by atomic mass is 19.4. The van der Waals surface area contributed by atoms with Crippen molar-refractivity contribution in [1.29, 1.82) is 0 Å². The number of alkyl halides is 3. The third kappa shape index (κ3) is 2.99. The second-order valence-corrected chi connectivity index (χ2v) is 5.19. The first-order chi connectivity index (χ1) is 10.9. The Labute approximate surface area is 128 Å². The molecule has 122 valence electrons. The molecule has 9 heteroatoms. The largest absolute Gasteiger partial charge is 0.442 e. The van der Waals surface area contributed by atoms with E-state index in [0.29, 0.717) is 10.5 Å². The van der Waals surface area contributed by atoms with Crippen LogP contribution in [0.2, 0.25) is 0 Å². The Morgan fingerprint density at radius 2 is 1.91 bits per heavy atom. The Morgan fingerprint density at radius 1 is 1.22 bits per heavy atom. The van der Waals surface area contributed by atoms with E-state index in [1.165, 1.54) is 0 Å². The monoisotopic (exact) mass is 327 g/mol. The molecule has 1 aromatic heterocycles. The van der Waals surface area contributed by atoms with Gasteiger partial charge in [-0.05, 0) is 6.42 Å². The van der Waals surface area contributed by atoms with Crippen LogP contribution in [0, 0.1) is 0 Å². The molecule has 23 heavy (non-hydrogen) atoms. The van der Waals surface area contributed by atoms with Crippen molar-refractivity contribution in [3.8, 4) is 11.4 Å². The van der Waals surface area contributed by atoms with Gasteiger partial charge in [0.25, 0.3) is 0 Å². The van der Waals surface area contributed by atoms with Crippen molar-refractivity contribution >= 4 is 5.91 Å². The van der Waals surface area contributed by atoms with Crippen LogP contribution in [0.1, 0.15) is 12.5 Å². The average Bonchev–Trinajstić information content (AvgIpc) is 3.03. The number of halogens is 3. The molecule has 1 fully saturated rings. The molecule has 2 heterocycles. The van der Waals surface area contributed by atoms with Gasteiger partial charge in [-0.2, -0.15) is 13.2 Å². The molecule has 1 aliphatic heterocycles. The fourth-order valence-corrected chi connectivity index (χ4v) is 2.65. The summed E-state index contributed by atoms with van der Waals surface area (Å²) in [5.74, 6) is -1.50. The van der Waals surface area contributed by atoms with E-state index in [-0.39, 0.29) is 18.8 Å². The van der Waals surface area contributed by atoms with Crippen molar-refractivity contribution in [3.63, 3.8) is 0 Å². The number of aromatic nitrogens is 2. The van der Waals surface area contributed by atoms with Crippen molar-refractivity contribution in [3.05, 3.63) is 40.9 Å². The van der Waals surface area contributed by atoms with Crippen LogP contribution in [0.5, 0.6) is 0 Å². The first-order valence-corrected chi connectivity index (χ1v) is 6.86. The van der Waals surface area contributed by atoms with Gasteiger partial charge in [0, 0.05) is 12.1 Å². The Kier molecular flexibility index (Phi) is 3.70. The Balaban J connectivity index is 1.93. The van der Waals surface area contributed by atoms with Gasteiger partial charge in [0.05, 0.1) is 0 Å². The van der Waals surface area contributed by atoms with E-state index in [9.17, 15) is 22.8 Å². The summed E-state index contributed by atoms with van der Waals surface area (Å²) in [7, 11) is 0.